The number of carbonyl (C=O) groups is 1. The lowest BCUT2D eigenvalue weighted by molar-refractivity contribution is -0.137. The Morgan fingerprint density at radius 3 is 2.55 bits per heavy atom. The van der Waals surface area contributed by atoms with E-state index in [1.165, 1.54) is 18.2 Å². The van der Waals surface area contributed by atoms with Crippen molar-refractivity contribution in [1.29, 1.82) is 0 Å². The van der Waals surface area contributed by atoms with E-state index in [1.807, 2.05) is 24.0 Å². The van der Waals surface area contributed by atoms with Gasteiger partial charge in [0.25, 0.3) is 0 Å². The smallest absolute Gasteiger partial charge is 0.416 e. The number of aryl methyl sites for hydroxylation is 1. The van der Waals surface area contributed by atoms with Gasteiger partial charge in [0, 0.05) is 29.8 Å². The molecule has 1 fully saturated rings. The molecule has 0 saturated carbocycles. The van der Waals surface area contributed by atoms with Crippen molar-refractivity contribution < 1.29 is 22.4 Å². The Morgan fingerprint density at radius 1 is 1.09 bits per heavy atom. The minimum Gasteiger partial charge on any atom is -0.457 e. The summed E-state index contributed by atoms with van der Waals surface area (Å²) in [6.45, 7) is 3.38. The van der Waals surface area contributed by atoms with E-state index in [4.69, 9.17) is 16.0 Å². The molecule has 3 aromatic rings. The van der Waals surface area contributed by atoms with Crippen LogP contribution in [-0.2, 0) is 11.0 Å². The molecule has 0 atom stereocenters. The molecule has 1 saturated heterocycles. The van der Waals surface area contributed by atoms with Crippen LogP contribution in [0.15, 0.2) is 59.0 Å². The standard InChI is InChI=1S/C25H22ClF3N2O2/c1-16-4-5-17(14-20(16)26)23-10-7-19(33-23)8-11-24(32)30-21-15-18(25(27,28)29)6-9-22(21)31-12-2-3-13-31/h4-11,14-15H,2-3,12-13H2,1H3,(H,30,32)/b11-8+. The van der Waals surface area contributed by atoms with Crippen LogP contribution in [0.5, 0.6) is 0 Å². The summed E-state index contributed by atoms with van der Waals surface area (Å²) in [7, 11) is 0. The number of carbonyl (C=O) groups excluding carboxylic acids is 1. The predicted octanol–water partition coefficient (Wildman–Crippen LogP) is 7.18. The number of hydrogen-bond donors (Lipinski definition) is 1. The van der Waals surface area contributed by atoms with E-state index in [2.05, 4.69) is 5.32 Å². The molecule has 1 N–H and O–H groups in total. The van der Waals surface area contributed by atoms with Crippen LogP contribution in [0.25, 0.3) is 17.4 Å². The van der Waals surface area contributed by atoms with Crippen LogP contribution in [0.1, 0.15) is 29.7 Å². The Labute approximate surface area is 194 Å². The van der Waals surface area contributed by atoms with E-state index >= 15 is 0 Å². The summed E-state index contributed by atoms with van der Waals surface area (Å²) < 4.78 is 45.4. The molecule has 4 nitrogen and oxygen atoms in total. The van der Waals surface area contributed by atoms with E-state index < -0.39 is 17.6 Å². The van der Waals surface area contributed by atoms with Crippen molar-refractivity contribution in [1.82, 2.24) is 0 Å². The summed E-state index contributed by atoms with van der Waals surface area (Å²) in [5.41, 5.74) is 1.66. The lowest BCUT2D eigenvalue weighted by Crippen LogP contribution is -2.21. The zero-order valence-electron chi connectivity index (χ0n) is 17.9. The van der Waals surface area contributed by atoms with Gasteiger partial charge in [0.2, 0.25) is 5.91 Å². The van der Waals surface area contributed by atoms with Gasteiger partial charge in [-0.25, -0.2) is 0 Å². The number of benzene rings is 2. The Morgan fingerprint density at radius 2 is 1.85 bits per heavy atom. The van der Waals surface area contributed by atoms with Crippen LogP contribution in [-0.4, -0.2) is 19.0 Å². The molecular formula is C25H22ClF3N2O2. The molecule has 1 amide bonds. The highest BCUT2D eigenvalue weighted by molar-refractivity contribution is 6.31. The molecule has 0 radical (unpaired) electrons. The first-order valence-corrected chi connectivity index (χ1v) is 10.9. The fourth-order valence-electron chi connectivity index (χ4n) is 3.72. The second-order valence-electron chi connectivity index (χ2n) is 7.91. The number of rotatable bonds is 5. The van der Waals surface area contributed by atoms with Gasteiger partial charge in [0.1, 0.15) is 11.5 Å². The molecule has 2 heterocycles. The highest BCUT2D eigenvalue weighted by Gasteiger charge is 2.32. The molecule has 1 aliphatic rings. The van der Waals surface area contributed by atoms with E-state index in [-0.39, 0.29) is 5.69 Å². The van der Waals surface area contributed by atoms with Gasteiger partial charge in [-0.1, -0.05) is 23.7 Å². The number of nitrogens with one attached hydrogen (secondary N) is 1. The molecule has 0 spiro atoms. The summed E-state index contributed by atoms with van der Waals surface area (Å²) >= 11 is 6.17. The van der Waals surface area contributed by atoms with Crippen molar-refractivity contribution in [3.63, 3.8) is 0 Å². The monoisotopic (exact) mass is 474 g/mol. The first kappa shape index (κ1) is 23.0. The largest absolute Gasteiger partial charge is 0.457 e. The van der Waals surface area contributed by atoms with Crippen molar-refractivity contribution >= 4 is 35.0 Å². The third-order valence-electron chi connectivity index (χ3n) is 5.51. The number of furan rings is 1. The Kier molecular flexibility index (Phi) is 6.51. The van der Waals surface area contributed by atoms with E-state index in [0.29, 0.717) is 22.2 Å². The Bertz CT molecular complexity index is 1190. The zero-order valence-corrected chi connectivity index (χ0v) is 18.6. The summed E-state index contributed by atoms with van der Waals surface area (Å²) in [6.07, 6.45) is 0.126. The van der Waals surface area contributed by atoms with Gasteiger partial charge < -0.3 is 14.6 Å². The Balaban J connectivity index is 1.51. The lowest BCUT2D eigenvalue weighted by atomic mass is 10.1. The predicted molar refractivity (Wildman–Crippen MR) is 124 cm³/mol. The number of alkyl halides is 3. The minimum absolute atomic E-state index is 0.135. The minimum atomic E-state index is -4.50. The molecule has 0 unspecified atom stereocenters. The third-order valence-corrected chi connectivity index (χ3v) is 5.92. The van der Waals surface area contributed by atoms with E-state index in [1.54, 1.807) is 18.2 Å². The fraction of sp³-hybridized carbons (Fsp3) is 0.240. The van der Waals surface area contributed by atoms with Gasteiger partial charge in [-0.3, -0.25) is 4.79 Å². The summed E-state index contributed by atoms with van der Waals surface area (Å²) in [4.78, 5) is 14.5. The van der Waals surface area contributed by atoms with Crippen molar-refractivity contribution in [2.75, 3.05) is 23.3 Å². The molecule has 0 aliphatic carbocycles. The topological polar surface area (TPSA) is 45.5 Å². The van der Waals surface area contributed by atoms with Gasteiger partial charge >= 0.3 is 6.18 Å². The van der Waals surface area contributed by atoms with Crippen LogP contribution in [0.2, 0.25) is 5.02 Å². The zero-order chi connectivity index (χ0) is 23.6. The molecule has 1 aromatic heterocycles. The Hall–Kier alpha value is -3.19. The fourth-order valence-corrected chi connectivity index (χ4v) is 3.90. The highest BCUT2D eigenvalue weighted by atomic mass is 35.5. The van der Waals surface area contributed by atoms with Crippen molar-refractivity contribution in [3.05, 3.63) is 76.5 Å². The maximum atomic E-state index is 13.2. The molecule has 33 heavy (non-hydrogen) atoms. The number of anilines is 2. The van der Waals surface area contributed by atoms with Gasteiger partial charge in [0.15, 0.2) is 0 Å². The van der Waals surface area contributed by atoms with Gasteiger partial charge in [-0.15, -0.1) is 0 Å². The van der Waals surface area contributed by atoms with Crippen LogP contribution in [0.3, 0.4) is 0 Å². The second kappa shape index (κ2) is 9.35. The maximum Gasteiger partial charge on any atom is 0.416 e. The lowest BCUT2D eigenvalue weighted by Gasteiger charge is -2.22. The molecule has 2 aromatic carbocycles. The van der Waals surface area contributed by atoms with E-state index in [9.17, 15) is 18.0 Å². The molecule has 8 heteroatoms. The number of nitrogens with zero attached hydrogens (tertiary/aromatic N) is 1. The summed E-state index contributed by atoms with van der Waals surface area (Å²) in [5.74, 6) is 0.470. The quantitative estimate of drug-likeness (QED) is 0.398. The molecule has 4 rings (SSSR count). The summed E-state index contributed by atoms with van der Waals surface area (Å²) in [5, 5.41) is 3.22. The number of halogens is 4. The van der Waals surface area contributed by atoms with Gasteiger partial charge in [-0.05, 0) is 67.8 Å². The second-order valence-corrected chi connectivity index (χ2v) is 8.32. The molecule has 1 aliphatic heterocycles. The van der Waals surface area contributed by atoms with Crippen molar-refractivity contribution in [2.45, 2.75) is 25.9 Å². The number of amides is 1. The first-order valence-electron chi connectivity index (χ1n) is 10.5. The normalized spacial score (nSPS) is 14.3. The van der Waals surface area contributed by atoms with Crippen LogP contribution in [0, 0.1) is 6.92 Å². The van der Waals surface area contributed by atoms with Gasteiger partial charge in [-0.2, -0.15) is 13.2 Å². The average Bonchev–Trinajstić information content (AvgIpc) is 3.46. The van der Waals surface area contributed by atoms with Crippen molar-refractivity contribution in [2.24, 2.45) is 0 Å². The first-order chi connectivity index (χ1) is 15.7. The highest BCUT2D eigenvalue weighted by Crippen LogP contribution is 2.36. The summed E-state index contributed by atoms with van der Waals surface area (Å²) in [6, 6.07) is 12.5. The average molecular weight is 475 g/mol. The molecule has 0 bridgehead atoms. The molecule has 172 valence electrons. The van der Waals surface area contributed by atoms with Crippen LogP contribution >= 0.6 is 11.6 Å². The number of hydrogen-bond acceptors (Lipinski definition) is 3. The van der Waals surface area contributed by atoms with E-state index in [0.717, 1.165) is 49.2 Å². The SMILES string of the molecule is Cc1ccc(-c2ccc(/C=C/C(=O)Nc3cc(C(F)(F)F)ccc3N3CCCC3)o2)cc1Cl. The van der Waals surface area contributed by atoms with Crippen LogP contribution in [0.4, 0.5) is 24.5 Å². The molecular weight excluding hydrogens is 453 g/mol. The van der Waals surface area contributed by atoms with Crippen LogP contribution < -0.4 is 10.2 Å². The third kappa shape index (κ3) is 5.42. The van der Waals surface area contributed by atoms with Gasteiger partial charge in [0.05, 0.1) is 16.9 Å². The van der Waals surface area contributed by atoms with Crippen molar-refractivity contribution in [3.8, 4) is 11.3 Å². The maximum absolute atomic E-state index is 13.2.